The molecule has 6 aliphatic rings. The van der Waals surface area contributed by atoms with Crippen molar-refractivity contribution in [3.63, 3.8) is 0 Å². The van der Waals surface area contributed by atoms with E-state index in [2.05, 4.69) is 163 Å². The predicted molar refractivity (Wildman–Crippen MR) is 240 cm³/mol. The molecule has 3 unspecified atom stereocenters. The molecule has 0 N–H and O–H groups in total. The van der Waals surface area contributed by atoms with Crippen molar-refractivity contribution in [3.05, 3.63) is 189 Å². The van der Waals surface area contributed by atoms with Gasteiger partial charge in [-0.2, -0.15) is 0 Å². The van der Waals surface area contributed by atoms with Gasteiger partial charge in [-0.25, -0.2) is 0 Å². The number of nitrogens with zero attached hydrogens (tertiary/aromatic N) is 1. The fraction of sp³-hybridized carbons (Fsp3) is 0.222. The van der Waals surface area contributed by atoms with E-state index in [1.807, 2.05) is 11.3 Å². The van der Waals surface area contributed by atoms with Crippen LogP contribution in [0.2, 0.25) is 0 Å². The van der Waals surface area contributed by atoms with E-state index in [1.54, 1.807) is 0 Å². The molecule has 0 radical (unpaired) electrons. The summed E-state index contributed by atoms with van der Waals surface area (Å²) in [5.74, 6) is 0.938. The van der Waals surface area contributed by atoms with E-state index < -0.39 is 0 Å². The van der Waals surface area contributed by atoms with Gasteiger partial charge in [0.05, 0.1) is 10.6 Å². The maximum Gasteiger partial charge on any atom is 0.0557 e. The van der Waals surface area contributed by atoms with Gasteiger partial charge in [0.15, 0.2) is 0 Å². The van der Waals surface area contributed by atoms with Crippen molar-refractivity contribution < 1.29 is 0 Å². The van der Waals surface area contributed by atoms with E-state index in [1.165, 1.54) is 93.0 Å². The average molecular weight is 742 g/mol. The van der Waals surface area contributed by atoms with Gasteiger partial charge in [0.2, 0.25) is 0 Å². The van der Waals surface area contributed by atoms with E-state index in [0.717, 1.165) is 51.4 Å². The van der Waals surface area contributed by atoms with E-state index in [0.29, 0.717) is 11.8 Å². The number of aryl methyl sites for hydroxylation is 1. The molecule has 2 heteroatoms. The largest absolute Gasteiger partial charge is 0.336 e. The van der Waals surface area contributed by atoms with Crippen LogP contribution < -0.4 is 9.75 Å². The van der Waals surface area contributed by atoms with Crippen LogP contribution in [0.15, 0.2) is 163 Å². The second kappa shape index (κ2) is 14.3. The van der Waals surface area contributed by atoms with Crippen LogP contribution in [0.4, 0.5) is 0 Å². The van der Waals surface area contributed by atoms with Crippen LogP contribution >= 0.6 is 11.3 Å². The molecule has 56 heavy (non-hydrogen) atoms. The second-order valence-electron chi connectivity index (χ2n) is 16.3. The average Bonchev–Trinajstić information content (AvgIpc) is 3.67. The maximum absolute atomic E-state index is 2.79. The third-order valence-electron chi connectivity index (χ3n) is 13.1. The van der Waals surface area contributed by atoms with Crippen molar-refractivity contribution >= 4 is 55.6 Å². The number of thiophene rings is 1. The first-order chi connectivity index (χ1) is 27.8. The van der Waals surface area contributed by atoms with Crippen LogP contribution in [-0.2, 0) is 6.42 Å². The van der Waals surface area contributed by atoms with Gasteiger partial charge in [-0.3, -0.25) is 0 Å². The Bertz CT molecular complexity index is 2790. The Morgan fingerprint density at radius 2 is 1.59 bits per heavy atom. The van der Waals surface area contributed by atoms with Crippen molar-refractivity contribution in [2.75, 3.05) is 0 Å². The SMILES string of the molecule is C1=CC(C2C=CC(N(C3=c4sc5cccc(-c6ccccc6)c5c4=CCC3)C3C=CC(c4ccc5c6c(ccc5c4)CCC=C6)=CC3)=C3C=CCCC32)=CCC1. The van der Waals surface area contributed by atoms with E-state index in [4.69, 9.17) is 0 Å². The molecule has 0 saturated carbocycles. The van der Waals surface area contributed by atoms with Gasteiger partial charge < -0.3 is 4.90 Å². The Balaban J connectivity index is 1.04. The van der Waals surface area contributed by atoms with Gasteiger partial charge in [-0.15, -0.1) is 11.3 Å². The Labute approximate surface area is 334 Å². The molecule has 0 amide bonds. The molecule has 0 spiro atoms. The molecule has 0 aliphatic heterocycles. The molecule has 11 rings (SSSR count). The summed E-state index contributed by atoms with van der Waals surface area (Å²) < 4.78 is 2.83. The monoisotopic (exact) mass is 741 g/mol. The lowest BCUT2D eigenvalue weighted by atomic mass is 9.71. The van der Waals surface area contributed by atoms with Crippen LogP contribution in [0.1, 0.15) is 68.1 Å². The molecular formula is C54H47NS. The second-order valence-corrected chi connectivity index (χ2v) is 17.3. The first kappa shape index (κ1) is 33.9. The zero-order chi connectivity index (χ0) is 37.0. The standard InChI is InChI=1S/C54H47NS/c1-3-13-37(14-4-1)44-33-34-50(48-20-10-9-19-47(44)48)55(51-23-11-22-49-53-46(38-15-5-2-6-16-38)21-12-24-52(53)56-54(49)51)42-30-27-36(28-31-42)40-29-32-45-41(35-40)26-25-39-17-7-8-18-43(39)45/h2-3,5-6,8,10,12-16,18,20-22,24-30,32-35,42,44,47H,1,4,7,9,11,17,19,23,31H2. The fourth-order valence-electron chi connectivity index (χ4n) is 10.4. The highest BCUT2D eigenvalue weighted by Gasteiger charge is 2.35. The molecule has 5 aromatic rings. The summed E-state index contributed by atoms with van der Waals surface area (Å²) in [6.07, 6.45) is 41.9. The van der Waals surface area contributed by atoms with Crippen molar-refractivity contribution in [2.24, 2.45) is 11.8 Å². The fourth-order valence-corrected chi connectivity index (χ4v) is 11.7. The normalized spacial score (nSPS) is 22.4. The van der Waals surface area contributed by atoms with Crippen LogP contribution in [0.5, 0.6) is 0 Å². The molecule has 6 aliphatic carbocycles. The molecular weight excluding hydrogens is 695 g/mol. The minimum atomic E-state index is 0.226. The van der Waals surface area contributed by atoms with Crippen LogP contribution in [0, 0.1) is 11.8 Å². The van der Waals surface area contributed by atoms with Gasteiger partial charge in [0, 0.05) is 27.4 Å². The van der Waals surface area contributed by atoms with E-state index >= 15 is 0 Å². The number of benzene rings is 4. The minimum absolute atomic E-state index is 0.226. The molecule has 0 saturated heterocycles. The number of rotatable bonds is 6. The van der Waals surface area contributed by atoms with Gasteiger partial charge in [-0.05, 0) is 142 Å². The summed E-state index contributed by atoms with van der Waals surface area (Å²) in [5, 5.41) is 5.54. The summed E-state index contributed by atoms with van der Waals surface area (Å²) in [6.45, 7) is 0. The molecule has 4 aromatic carbocycles. The van der Waals surface area contributed by atoms with Crippen LogP contribution in [0.3, 0.4) is 0 Å². The van der Waals surface area contributed by atoms with Crippen molar-refractivity contribution in [1.29, 1.82) is 0 Å². The summed E-state index contributed by atoms with van der Waals surface area (Å²) in [7, 11) is 0. The third kappa shape index (κ3) is 5.80. The maximum atomic E-state index is 2.79. The van der Waals surface area contributed by atoms with Crippen LogP contribution in [0.25, 0.3) is 55.4 Å². The molecule has 274 valence electrons. The Hall–Kier alpha value is -5.44. The molecule has 1 heterocycles. The molecule has 0 bridgehead atoms. The van der Waals surface area contributed by atoms with E-state index in [-0.39, 0.29) is 6.04 Å². The summed E-state index contributed by atoms with van der Waals surface area (Å²) >= 11 is 2.00. The highest BCUT2D eigenvalue weighted by atomic mass is 32.1. The van der Waals surface area contributed by atoms with E-state index in [9.17, 15) is 0 Å². The lowest BCUT2D eigenvalue weighted by Gasteiger charge is -2.42. The lowest BCUT2D eigenvalue weighted by Crippen LogP contribution is -2.40. The topological polar surface area (TPSA) is 3.24 Å². The summed E-state index contributed by atoms with van der Waals surface area (Å²) in [4.78, 5) is 2.79. The lowest BCUT2D eigenvalue weighted by molar-refractivity contribution is 0.381. The predicted octanol–water partition coefficient (Wildman–Crippen LogP) is 12.8. The third-order valence-corrected chi connectivity index (χ3v) is 14.3. The first-order valence-corrected chi connectivity index (χ1v) is 21.8. The van der Waals surface area contributed by atoms with Crippen LogP contribution in [-0.4, -0.2) is 10.9 Å². The quantitative estimate of drug-likeness (QED) is 0.167. The number of hydrogen-bond acceptors (Lipinski definition) is 2. The van der Waals surface area contributed by atoms with Gasteiger partial charge in [0.25, 0.3) is 0 Å². The number of fused-ring (bicyclic) bond motifs is 7. The first-order valence-electron chi connectivity index (χ1n) is 20.9. The highest BCUT2D eigenvalue weighted by Crippen LogP contribution is 2.45. The van der Waals surface area contributed by atoms with Gasteiger partial charge >= 0.3 is 0 Å². The number of allylic oxidation sites excluding steroid dienone is 12. The van der Waals surface area contributed by atoms with Gasteiger partial charge in [-0.1, -0.05) is 140 Å². The number of hydrogen-bond donors (Lipinski definition) is 0. The Kier molecular flexibility index (Phi) is 8.62. The molecule has 1 nitrogen and oxygen atoms in total. The van der Waals surface area contributed by atoms with Crippen molar-refractivity contribution in [2.45, 2.75) is 63.8 Å². The van der Waals surface area contributed by atoms with Crippen molar-refractivity contribution in [1.82, 2.24) is 4.90 Å². The minimum Gasteiger partial charge on any atom is -0.336 e. The smallest absolute Gasteiger partial charge is 0.0557 e. The summed E-state index contributed by atoms with van der Waals surface area (Å²) in [5.41, 5.74) is 14.1. The molecule has 0 fully saturated rings. The zero-order valence-corrected chi connectivity index (χ0v) is 32.8. The van der Waals surface area contributed by atoms with Gasteiger partial charge in [0.1, 0.15) is 0 Å². The Morgan fingerprint density at radius 1 is 0.661 bits per heavy atom. The summed E-state index contributed by atoms with van der Waals surface area (Å²) in [6, 6.07) is 29.9. The molecule has 3 atom stereocenters. The highest BCUT2D eigenvalue weighted by molar-refractivity contribution is 7.17. The Morgan fingerprint density at radius 3 is 2.48 bits per heavy atom. The molecule has 1 aromatic heterocycles. The zero-order valence-electron chi connectivity index (χ0n) is 32.0. The van der Waals surface area contributed by atoms with Crippen molar-refractivity contribution in [3.8, 4) is 11.1 Å².